The number of carbonyl (C=O) groups is 2. The van der Waals surface area contributed by atoms with Gasteiger partial charge in [-0.1, -0.05) is 0 Å². The van der Waals surface area contributed by atoms with Crippen LogP contribution in [0.2, 0.25) is 0 Å². The van der Waals surface area contributed by atoms with Crippen LogP contribution in [-0.4, -0.2) is 61.4 Å². The zero-order valence-electron chi connectivity index (χ0n) is 13.6. The van der Waals surface area contributed by atoms with Crippen LogP contribution in [0.3, 0.4) is 0 Å². The molecule has 1 rings (SSSR count). The fraction of sp³-hybridized carbons (Fsp3) is 0.867. The number of carbonyl (C=O) groups excluding carboxylic acids is 2. The van der Waals surface area contributed by atoms with E-state index in [0.29, 0.717) is 25.2 Å². The fourth-order valence-corrected chi connectivity index (χ4v) is 2.80. The van der Waals surface area contributed by atoms with E-state index in [-0.39, 0.29) is 24.2 Å². The van der Waals surface area contributed by atoms with E-state index in [1.54, 1.807) is 0 Å². The molecule has 0 aliphatic carbocycles. The molecule has 1 heterocycles. The summed E-state index contributed by atoms with van der Waals surface area (Å²) in [5.74, 6) is 0.953. The molecule has 0 aromatic carbocycles. The maximum absolute atomic E-state index is 12.1. The quantitative estimate of drug-likeness (QED) is 0.738. The molecule has 6 heteroatoms. The second kappa shape index (κ2) is 10.9. The van der Waals surface area contributed by atoms with E-state index in [2.05, 4.69) is 5.32 Å². The monoisotopic (exact) mass is 319 g/mol. The van der Waals surface area contributed by atoms with E-state index in [0.717, 1.165) is 39.1 Å². The van der Waals surface area contributed by atoms with Gasteiger partial charge in [0.15, 0.2) is 0 Å². The highest BCUT2D eigenvalue weighted by molar-refractivity contribution is 5.85. The van der Waals surface area contributed by atoms with Crippen LogP contribution in [-0.2, 0) is 9.59 Å². The van der Waals surface area contributed by atoms with Gasteiger partial charge in [-0.2, -0.15) is 0 Å². The first kappa shape index (κ1) is 20.2. The van der Waals surface area contributed by atoms with Crippen LogP contribution in [0.15, 0.2) is 0 Å². The van der Waals surface area contributed by atoms with Gasteiger partial charge in [-0.25, -0.2) is 0 Å². The minimum atomic E-state index is 0. The first-order valence-electron chi connectivity index (χ1n) is 7.82. The molecule has 1 aliphatic rings. The molecule has 2 amide bonds. The average molecular weight is 320 g/mol. The van der Waals surface area contributed by atoms with Gasteiger partial charge in [0.2, 0.25) is 11.8 Å². The van der Waals surface area contributed by atoms with Crippen LogP contribution >= 0.6 is 12.4 Å². The Balaban J connectivity index is 0.00000400. The lowest BCUT2D eigenvalue weighted by molar-refractivity contribution is -0.132. The molecule has 1 unspecified atom stereocenters. The van der Waals surface area contributed by atoms with Gasteiger partial charge >= 0.3 is 0 Å². The predicted octanol–water partition coefficient (Wildman–Crippen LogP) is 1.51. The summed E-state index contributed by atoms with van der Waals surface area (Å²) in [5.41, 5.74) is 0. The zero-order chi connectivity index (χ0) is 15.0. The van der Waals surface area contributed by atoms with Crippen molar-refractivity contribution in [3.8, 4) is 0 Å². The Morgan fingerprint density at radius 3 is 2.48 bits per heavy atom. The van der Waals surface area contributed by atoms with Crippen molar-refractivity contribution < 1.29 is 9.59 Å². The number of rotatable bonds is 8. The van der Waals surface area contributed by atoms with Gasteiger partial charge in [0.05, 0.1) is 0 Å². The molecule has 5 nitrogen and oxygen atoms in total. The normalized spacial score (nSPS) is 17.5. The van der Waals surface area contributed by atoms with Crippen molar-refractivity contribution in [2.75, 3.05) is 39.8 Å². The molecule has 1 saturated heterocycles. The highest BCUT2D eigenvalue weighted by Crippen LogP contribution is 2.17. The molecule has 1 atom stereocenters. The van der Waals surface area contributed by atoms with Gasteiger partial charge < -0.3 is 15.1 Å². The number of hydrogen-bond acceptors (Lipinski definition) is 3. The lowest BCUT2D eigenvalue weighted by Gasteiger charge is -2.19. The average Bonchev–Trinajstić information content (AvgIpc) is 2.89. The Morgan fingerprint density at radius 2 is 1.90 bits per heavy atom. The number of nitrogens with zero attached hydrogens (tertiary/aromatic N) is 2. The second-order valence-electron chi connectivity index (χ2n) is 5.47. The molecule has 0 bridgehead atoms. The van der Waals surface area contributed by atoms with E-state index >= 15 is 0 Å². The summed E-state index contributed by atoms with van der Waals surface area (Å²) in [4.78, 5) is 27.7. The summed E-state index contributed by atoms with van der Waals surface area (Å²) in [7, 11) is 1.95. The SMILES string of the molecule is CCN(CC)C(=O)CCCC(=O)N1CCC(CNC)C1.Cl. The highest BCUT2D eigenvalue weighted by Gasteiger charge is 2.25. The van der Waals surface area contributed by atoms with Crippen LogP contribution in [0.5, 0.6) is 0 Å². The largest absolute Gasteiger partial charge is 0.343 e. The molecule has 0 aromatic heterocycles. The summed E-state index contributed by atoms with van der Waals surface area (Å²) in [6.07, 6.45) is 2.74. The number of amides is 2. The summed E-state index contributed by atoms with van der Waals surface area (Å²) in [5, 5.41) is 3.16. The van der Waals surface area contributed by atoms with Gasteiger partial charge in [-0.3, -0.25) is 9.59 Å². The predicted molar refractivity (Wildman–Crippen MR) is 87.6 cm³/mol. The van der Waals surface area contributed by atoms with E-state index in [1.807, 2.05) is 30.7 Å². The van der Waals surface area contributed by atoms with Gasteiger partial charge in [-0.15, -0.1) is 12.4 Å². The maximum atomic E-state index is 12.1. The summed E-state index contributed by atoms with van der Waals surface area (Å²) < 4.78 is 0. The van der Waals surface area contributed by atoms with Crippen LogP contribution in [0.25, 0.3) is 0 Å². The highest BCUT2D eigenvalue weighted by atomic mass is 35.5. The minimum absolute atomic E-state index is 0. The lowest BCUT2D eigenvalue weighted by Crippen LogP contribution is -2.32. The van der Waals surface area contributed by atoms with Crippen molar-refractivity contribution in [1.82, 2.24) is 15.1 Å². The zero-order valence-corrected chi connectivity index (χ0v) is 14.4. The molecule has 124 valence electrons. The van der Waals surface area contributed by atoms with Crippen LogP contribution < -0.4 is 5.32 Å². The van der Waals surface area contributed by atoms with Gasteiger partial charge in [0.25, 0.3) is 0 Å². The third-order valence-electron chi connectivity index (χ3n) is 4.03. The molecule has 0 aromatic rings. The van der Waals surface area contributed by atoms with Gasteiger partial charge in [0, 0.05) is 39.0 Å². The molecule has 0 spiro atoms. The Morgan fingerprint density at radius 1 is 1.24 bits per heavy atom. The maximum Gasteiger partial charge on any atom is 0.222 e. The smallest absolute Gasteiger partial charge is 0.222 e. The van der Waals surface area contributed by atoms with Gasteiger partial charge in [-0.05, 0) is 46.2 Å². The van der Waals surface area contributed by atoms with Crippen molar-refractivity contribution in [3.05, 3.63) is 0 Å². The molecule has 1 fully saturated rings. The van der Waals surface area contributed by atoms with E-state index in [1.165, 1.54) is 0 Å². The molecule has 0 radical (unpaired) electrons. The third-order valence-corrected chi connectivity index (χ3v) is 4.03. The Hall–Kier alpha value is -0.810. The van der Waals surface area contributed by atoms with Crippen molar-refractivity contribution in [2.24, 2.45) is 5.92 Å². The second-order valence-corrected chi connectivity index (χ2v) is 5.47. The van der Waals surface area contributed by atoms with Gasteiger partial charge in [0.1, 0.15) is 0 Å². The van der Waals surface area contributed by atoms with Crippen LogP contribution in [0.4, 0.5) is 0 Å². The van der Waals surface area contributed by atoms with E-state index in [9.17, 15) is 9.59 Å². The standard InChI is InChI=1S/C15H29N3O2.ClH/c1-4-17(5-2)14(19)7-6-8-15(20)18-10-9-13(12-18)11-16-3;/h13,16H,4-12H2,1-3H3;1H. The third kappa shape index (κ3) is 6.66. The minimum Gasteiger partial charge on any atom is -0.343 e. The molecule has 21 heavy (non-hydrogen) atoms. The van der Waals surface area contributed by atoms with Crippen molar-refractivity contribution in [1.29, 1.82) is 0 Å². The molecular weight excluding hydrogens is 290 g/mol. The Bertz CT molecular complexity index is 322. The molecule has 0 saturated carbocycles. The number of likely N-dealkylation sites (tertiary alicyclic amines) is 1. The summed E-state index contributed by atoms with van der Waals surface area (Å²) in [6, 6.07) is 0. The molecule has 1 N–H and O–H groups in total. The number of nitrogens with one attached hydrogen (secondary N) is 1. The molecular formula is C15H30ClN3O2. The number of hydrogen-bond donors (Lipinski definition) is 1. The van der Waals surface area contributed by atoms with Crippen LogP contribution in [0, 0.1) is 5.92 Å². The summed E-state index contributed by atoms with van der Waals surface area (Å²) >= 11 is 0. The van der Waals surface area contributed by atoms with Crippen molar-refractivity contribution >= 4 is 24.2 Å². The molecule has 1 aliphatic heterocycles. The summed E-state index contributed by atoms with van der Waals surface area (Å²) in [6.45, 7) is 8.18. The first-order chi connectivity index (χ1) is 9.62. The van der Waals surface area contributed by atoms with Crippen molar-refractivity contribution in [3.63, 3.8) is 0 Å². The lowest BCUT2D eigenvalue weighted by atomic mass is 10.1. The first-order valence-corrected chi connectivity index (χ1v) is 7.82. The van der Waals surface area contributed by atoms with E-state index < -0.39 is 0 Å². The van der Waals surface area contributed by atoms with Crippen molar-refractivity contribution in [2.45, 2.75) is 39.5 Å². The fourth-order valence-electron chi connectivity index (χ4n) is 2.80. The van der Waals surface area contributed by atoms with Crippen LogP contribution in [0.1, 0.15) is 39.5 Å². The van der Waals surface area contributed by atoms with E-state index in [4.69, 9.17) is 0 Å². The number of halogens is 1. The Kier molecular flexibility index (Phi) is 10.4. The Labute approximate surface area is 134 Å². The topological polar surface area (TPSA) is 52.7 Å².